The van der Waals surface area contributed by atoms with Crippen LogP contribution in [-0.2, 0) is 16.7 Å². The largest absolute Gasteiger partial charge is 0.748 e. The number of hydrogen-bond donors (Lipinski definition) is 1. The van der Waals surface area contributed by atoms with Gasteiger partial charge in [0.05, 0.1) is 22.0 Å². The predicted octanol–water partition coefficient (Wildman–Crippen LogP) is 1.09. The highest BCUT2D eigenvalue weighted by Gasteiger charge is 2.03. The smallest absolute Gasteiger partial charge is 0.169 e. The van der Waals surface area contributed by atoms with Gasteiger partial charge < -0.3 is 9.66 Å². The monoisotopic (exact) mass is 349 g/mol. The van der Waals surface area contributed by atoms with Gasteiger partial charge in [0, 0.05) is 36.9 Å². The lowest BCUT2D eigenvalue weighted by molar-refractivity contribution is -0.696. The molecule has 0 aliphatic heterocycles. The van der Waals surface area contributed by atoms with Gasteiger partial charge in [0.2, 0.25) is 0 Å². The van der Waals surface area contributed by atoms with Gasteiger partial charge in [-0.2, -0.15) is 5.10 Å². The molecule has 0 spiro atoms. The lowest BCUT2D eigenvalue weighted by Gasteiger charge is -2.12. The molecule has 0 amide bonds. The molecule has 0 aliphatic rings. The molecule has 2 rings (SSSR count). The standard InChI is InChI=1S/C16H19N3O4S/c1-18(15-3-5-16(20)6-4-15)17-13-14-7-10-19(11-8-14)9-2-12-24(21,22)23/h3-8,10-11,13H,2,9,12H2,1H3,(H-,17,20,21,22,23). The van der Waals surface area contributed by atoms with Gasteiger partial charge in [0.15, 0.2) is 12.4 Å². The van der Waals surface area contributed by atoms with Gasteiger partial charge in [-0.1, -0.05) is 0 Å². The number of aromatic hydroxyl groups is 1. The molecular formula is C16H19N3O4S. The first kappa shape index (κ1) is 17.9. The average molecular weight is 349 g/mol. The van der Waals surface area contributed by atoms with Crippen molar-refractivity contribution in [3.8, 4) is 5.75 Å². The van der Waals surface area contributed by atoms with E-state index in [0.717, 1.165) is 11.3 Å². The minimum atomic E-state index is -4.16. The summed E-state index contributed by atoms with van der Waals surface area (Å²) in [6.07, 6.45) is 5.59. The van der Waals surface area contributed by atoms with E-state index in [9.17, 15) is 18.1 Å². The summed E-state index contributed by atoms with van der Waals surface area (Å²) in [6.45, 7) is 0.465. The van der Waals surface area contributed by atoms with Crippen molar-refractivity contribution >= 4 is 22.0 Å². The van der Waals surface area contributed by atoms with E-state index < -0.39 is 10.1 Å². The maximum Gasteiger partial charge on any atom is 0.169 e. The van der Waals surface area contributed by atoms with Crippen LogP contribution < -0.4 is 9.58 Å². The van der Waals surface area contributed by atoms with Gasteiger partial charge >= 0.3 is 0 Å². The van der Waals surface area contributed by atoms with Crippen LogP contribution in [0.4, 0.5) is 5.69 Å². The third-order valence-electron chi connectivity index (χ3n) is 3.33. The van der Waals surface area contributed by atoms with Crippen molar-refractivity contribution in [2.24, 2.45) is 5.10 Å². The first-order valence-electron chi connectivity index (χ1n) is 7.33. The van der Waals surface area contributed by atoms with Crippen molar-refractivity contribution in [1.29, 1.82) is 0 Å². The summed E-state index contributed by atoms with van der Waals surface area (Å²) >= 11 is 0. The molecule has 1 N–H and O–H groups in total. The number of nitrogens with zero attached hydrogens (tertiary/aromatic N) is 3. The fraction of sp³-hybridized carbons (Fsp3) is 0.250. The summed E-state index contributed by atoms with van der Waals surface area (Å²) in [5.74, 6) is -0.158. The molecule has 1 heterocycles. The van der Waals surface area contributed by atoms with E-state index in [1.165, 1.54) is 0 Å². The van der Waals surface area contributed by atoms with E-state index in [4.69, 9.17) is 0 Å². The summed E-state index contributed by atoms with van der Waals surface area (Å²) in [5, 5.41) is 15.3. The summed E-state index contributed by atoms with van der Waals surface area (Å²) in [6, 6.07) is 10.4. The molecule has 7 nitrogen and oxygen atoms in total. The zero-order valence-electron chi connectivity index (χ0n) is 13.2. The second-order valence-electron chi connectivity index (χ2n) is 5.27. The van der Waals surface area contributed by atoms with Crippen LogP contribution in [0.3, 0.4) is 0 Å². The number of benzene rings is 1. The molecule has 2 aromatic rings. The number of hydrogen-bond acceptors (Lipinski definition) is 6. The van der Waals surface area contributed by atoms with E-state index >= 15 is 0 Å². The Balaban J connectivity index is 1.92. The van der Waals surface area contributed by atoms with Crippen LogP contribution in [0.2, 0.25) is 0 Å². The van der Waals surface area contributed by atoms with E-state index in [0.29, 0.717) is 6.54 Å². The SMILES string of the molecule is CN(/N=C/c1cc[n+](CCCS(=O)(=O)[O-])cc1)c1ccc(O)cc1. The Kier molecular flexibility index (Phi) is 5.88. The Morgan fingerprint density at radius 2 is 1.83 bits per heavy atom. The number of anilines is 1. The number of hydrazone groups is 1. The number of rotatable bonds is 7. The van der Waals surface area contributed by atoms with Crippen LogP contribution in [0.5, 0.6) is 5.75 Å². The van der Waals surface area contributed by atoms with Crippen molar-refractivity contribution in [3.63, 3.8) is 0 Å². The Bertz CT molecular complexity index is 787. The Morgan fingerprint density at radius 1 is 1.21 bits per heavy atom. The summed E-state index contributed by atoms with van der Waals surface area (Å²) in [7, 11) is -2.35. The van der Waals surface area contributed by atoms with Gasteiger partial charge in [0.25, 0.3) is 0 Å². The summed E-state index contributed by atoms with van der Waals surface area (Å²) < 4.78 is 33.5. The molecule has 0 radical (unpaired) electrons. The van der Waals surface area contributed by atoms with E-state index in [1.54, 1.807) is 54.9 Å². The third-order valence-corrected chi connectivity index (χ3v) is 4.12. The molecule has 0 atom stereocenters. The second-order valence-corrected chi connectivity index (χ2v) is 6.79. The minimum Gasteiger partial charge on any atom is -0.748 e. The molecule has 0 saturated heterocycles. The lowest BCUT2D eigenvalue weighted by Crippen LogP contribution is -2.33. The van der Waals surface area contributed by atoms with Gasteiger partial charge in [-0.25, -0.2) is 13.0 Å². The normalized spacial score (nSPS) is 11.8. The van der Waals surface area contributed by atoms with Crippen LogP contribution in [0.25, 0.3) is 0 Å². The number of phenolic OH excluding ortho intramolecular Hbond substituents is 1. The van der Waals surface area contributed by atoms with Crippen molar-refractivity contribution in [2.75, 3.05) is 17.8 Å². The summed E-state index contributed by atoms with van der Waals surface area (Å²) in [4.78, 5) is 0. The van der Waals surface area contributed by atoms with Gasteiger partial charge in [-0.05, 0) is 24.3 Å². The highest BCUT2D eigenvalue weighted by molar-refractivity contribution is 7.85. The third kappa shape index (κ3) is 5.98. The molecule has 0 saturated carbocycles. The summed E-state index contributed by atoms with van der Waals surface area (Å²) in [5.41, 5.74) is 1.72. The Morgan fingerprint density at radius 3 is 2.42 bits per heavy atom. The van der Waals surface area contributed by atoms with Crippen molar-refractivity contribution in [1.82, 2.24) is 0 Å². The molecule has 0 unspecified atom stereocenters. The minimum absolute atomic E-state index is 0.202. The molecule has 128 valence electrons. The zero-order valence-corrected chi connectivity index (χ0v) is 14.1. The Labute approximate surface area is 141 Å². The van der Waals surface area contributed by atoms with Crippen LogP contribution in [0.15, 0.2) is 53.9 Å². The molecule has 1 aromatic carbocycles. The van der Waals surface area contributed by atoms with Crippen LogP contribution >= 0.6 is 0 Å². The van der Waals surface area contributed by atoms with Crippen LogP contribution in [0.1, 0.15) is 12.0 Å². The molecule has 0 fully saturated rings. The highest BCUT2D eigenvalue weighted by Crippen LogP contribution is 2.17. The molecule has 0 aliphatic carbocycles. The highest BCUT2D eigenvalue weighted by atomic mass is 32.2. The molecule has 1 aromatic heterocycles. The first-order chi connectivity index (χ1) is 11.3. The second kappa shape index (κ2) is 7.89. The van der Waals surface area contributed by atoms with Crippen molar-refractivity contribution in [2.45, 2.75) is 13.0 Å². The fourth-order valence-electron chi connectivity index (χ4n) is 2.02. The van der Waals surface area contributed by atoms with Gasteiger partial charge in [0.1, 0.15) is 12.3 Å². The maximum atomic E-state index is 10.6. The molecule has 8 heteroatoms. The van der Waals surface area contributed by atoms with E-state index in [2.05, 4.69) is 5.10 Å². The Hall–Kier alpha value is -2.45. The number of phenols is 1. The maximum absolute atomic E-state index is 10.6. The quantitative estimate of drug-likeness (QED) is 0.349. The number of pyridine rings is 1. The van der Waals surface area contributed by atoms with Gasteiger partial charge in [-0.15, -0.1) is 0 Å². The predicted molar refractivity (Wildman–Crippen MR) is 89.9 cm³/mol. The van der Waals surface area contributed by atoms with E-state index in [-0.39, 0.29) is 17.9 Å². The lowest BCUT2D eigenvalue weighted by atomic mass is 10.3. The van der Waals surface area contributed by atoms with Crippen LogP contribution in [0, 0.1) is 0 Å². The van der Waals surface area contributed by atoms with Crippen molar-refractivity contribution in [3.05, 3.63) is 54.4 Å². The molecular weight excluding hydrogens is 330 g/mol. The number of aromatic nitrogens is 1. The molecule has 0 bridgehead atoms. The zero-order chi connectivity index (χ0) is 17.6. The fourth-order valence-corrected chi connectivity index (χ4v) is 2.50. The number of aryl methyl sites for hydroxylation is 1. The average Bonchev–Trinajstić information content (AvgIpc) is 2.53. The first-order valence-corrected chi connectivity index (χ1v) is 8.91. The molecule has 24 heavy (non-hydrogen) atoms. The topological polar surface area (TPSA) is 96.9 Å². The van der Waals surface area contributed by atoms with Crippen molar-refractivity contribution < 1.29 is 22.6 Å². The van der Waals surface area contributed by atoms with Crippen LogP contribution in [-0.4, -0.2) is 37.1 Å². The van der Waals surface area contributed by atoms with E-state index in [1.807, 2.05) is 16.7 Å². The van der Waals surface area contributed by atoms with Gasteiger partial charge in [-0.3, -0.25) is 5.01 Å².